The standard InChI is InChI=1S/C16H19NO2/c1-9-10(2)19-11(3)15(9)16(17)13-4-5-14-12(8-13)6-7-18-14/h4-5,8,16H,6-7,17H2,1-3H3. The first-order valence-electron chi connectivity index (χ1n) is 6.65. The molecule has 2 heterocycles. The van der Waals surface area contributed by atoms with Crippen molar-refractivity contribution in [2.45, 2.75) is 33.2 Å². The number of ether oxygens (including phenoxy) is 1. The fourth-order valence-corrected chi connectivity index (χ4v) is 2.83. The summed E-state index contributed by atoms with van der Waals surface area (Å²) in [4.78, 5) is 0. The SMILES string of the molecule is Cc1oc(C)c(C(N)c2ccc3c(c2)CCO3)c1C. The van der Waals surface area contributed by atoms with Crippen LogP contribution in [0.5, 0.6) is 5.75 Å². The molecule has 0 aliphatic carbocycles. The molecule has 0 amide bonds. The molecule has 3 heteroatoms. The fourth-order valence-electron chi connectivity index (χ4n) is 2.83. The van der Waals surface area contributed by atoms with Gasteiger partial charge in [0.15, 0.2) is 0 Å². The molecule has 0 fully saturated rings. The van der Waals surface area contributed by atoms with Crippen molar-refractivity contribution < 1.29 is 9.15 Å². The molecule has 0 saturated carbocycles. The van der Waals surface area contributed by atoms with Crippen LogP contribution >= 0.6 is 0 Å². The van der Waals surface area contributed by atoms with Gasteiger partial charge in [-0.25, -0.2) is 0 Å². The molecule has 2 aromatic rings. The molecule has 0 spiro atoms. The van der Waals surface area contributed by atoms with Crippen LogP contribution in [0.2, 0.25) is 0 Å². The van der Waals surface area contributed by atoms with E-state index in [1.165, 1.54) is 5.56 Å². The van der Waals surface area contributed by atoms with E-state index >= 15 is 0 Å². The first-order valence-corrected chi connectivity index (χ1v) is 6.65. The Morgan fingerprint density at radius 2 is 1.95 bits per heavy atom. The van der Waals surface area contributed by atoms with E-state index in [2.05, 4.69) is 19.1 Å². The third-order valence-electron chi connectivity index (χ3n) is 4.00. The Morgan fingerprint density at radius 1 is 1.16 bits per heavy atom. The Morgan fingerprint density at radius 3 is 2.63 bits per heavy atom. The maximum Gasteiger partial charge on any atom is 0.122 e. The molecule has 2 N–H and O–H groups in total. The molecule has 1 aliphatic heterocycles. The van der Waals surface area contributed by atoms with Crippen LogP contribution in [0, 0.1) is 20.8 Å². The first-order chi connectivity index (χ1) is 9.08. The molecule has 1 aromatic carbocycles. The third kappa shape index (κ3) is 1.94. The van der Waals surface area contributed by atoms with Crippen LogP contribution in [0.3, 0.4) is 0 Å². The normalized spacial score (nSPS) is 15.2. The summed E-state index contributed by atoms with van der Waals surface area (Å²) < 4.78 is 11.2. The quantitative estimate of drug-likeness (QED) is 0.898. The summed E-state index contributed by atoms with van der Waals surface area (Å²) in [6.07, 6.45) is 0.971. The van der Waals surface area contributed by atoms with Gasteiger partial charge in [-0.3, -0.25) is 0 Å². The van der Waals surface area contributed by atoms with Crippen molar-refractivity contribution in [2.24, 2.45) is 5.73 Å². The summed E-state index contributed by atoms with van der Waals surface area (Å²) in [5, 5.41) is 0. The predicted octanol–water partition coefficient (Wildman–Crippen LogP) is 3.19. The van der Waals surface area contributed by atoms with Crippen molar-refractivity contribution in [2.75, 3.05) is 6.61 Å². The highest BCUT2D eigenvalue weighted by Gasteiger charge is 2.21. The zero-order valence-corrected chi connectivity index (χ0v) is 11.6. The Bertz CT molecular complexity index is 628. The van der Waals surface area contributed by atoms with Crippen LogP contribution in [0.4, 0.5) is 0 Å². The van der Waals surface area contributed by atoms with Crippen LogP contribution < -0.4 is 10.5 Å². The third-order valence-corrected chi connectivity index (χ3v) is 4.00. The summed E-state index contributed by atoms with van der Waals surface area (Å²) in [6, 6.07) is 6.10. The van der Waals surface area contributed by atoms with Gasteiger partial charge < -0.3 is 14.9 Å². The summed E-state index contributed by atoms with van der Waals surface area (Å²) in [5.74, 6) is 2.86. The molecule has 100 valence electrons. The van der Waals surface area contributed by atoms with Crippen molar-refractivity contribution in [3.8, 4) is 5.75 Å². The van der Waals surface area contributed by atoms with Gasteiger partial charge >= 0.3 is 0 Å². The molecule has 1 atom stereocenters. The number of benzene rings is 1. The maximum absolute atomic E-state index is 6.42. The van der Waals surface area contributed by atoms with Gasteiger partial charge in [-0.2, -0.15) is 0 Å². The Kier molecular flexibility index (Phi) is 2.86. The summed E-state index contributed by atoms with van der Waals surface area (Å²) in [7, 11) is 0. The van der Waals surface area contributed by atoms with E-state index in [1.54, 1.807) is 0 Å². The van der Waals surface area contributed by atoms with E-state index in [-0.39, 0.29) is 6.04 Å². The van der Waals surface area contributed by atoms with Crippen LogP contribution in [-0.2, 0) is 6.42 Å². The highest BCUT2D eigenvalue weighted by molar-refractivity contribution is 5.45. The van der Waals surface area contributed by atoms with E-state index in [0.29, 0.717) is 0 Å². The predicted molar refractivity (Wildman–Crippen MR) is 74.6 cm³/mol. The van der Waals surface area contributed by atoms with Crippen LogP contribution in [0.25, 0.3) is 0 Å². The lowest BCUT2D eigenvalue weighted by Crippen LogP contribution is -2.13. The zero-order valence-electron chi connectivity index (χ0n) is 11.6. The lowest BCUT2D eigenvalue weighted by atomic mass is 9.94. The van der Waals surface area contributed by atoms with E-state index in [0.717, 1.165) is 47.0 Å². The first kappa shape index (κ1) is 12.3. The fraction of sp³-hybridized carbons (Fsp3) is 0.375. The molecule has 1 unspecified atom stereocenters. The van der Waals surface area contributed by atoms with E-state index < -0.39 is 0 Å². The average Bonchev–Trinajstić information content (AvgIpc) is 2.94. The number of furan rings is 1. The van der Waals surface area contributed by atoms with Crippen molar-refractivity contribution in [1.82, 2.24) is 0 Å². The van der Waals surface area contributed by atoms with Crippen molar-refractivity contribution in [3.05, 3.63) is 52.0 Å². The number of nitrogens with two attached hydrogens (primary N) is 1. The molecular formula is C16H19NO2. The zero-order chi connectivity index (χ0) is 13.6. The van der Waals surface area contributed by atoms with Gasteiger partial charge in [0.25, 0.3) is 0 Å². The lowest BCUT2D eigenvalue weighted by molar-refractivity contribution is 0.357. The van der Waals surface area contributed by atoms with Gasteiger partial charge in [0.05, 0.1) is 12.6 Å². The summed E-state index contributed by atoms with van der Waals surface area (Å²) in [6.45, 7) is 6.80. The van der Waals surface area contributed by atoms with Gasteiger partial charge in [-0.1, -0.05) is 12.1 Å². The molecule has 19 heavy (non-hydrogen) atoms. The highest BCUT2D eigenvalue weighted by Crippen LogP contribution is 2.33. The minimum atomic E-state index is -0.136. The van der Waals surface area contributed by atoms with E-state index in [1.807, 2.05) is 19.9 Å². The molecular weight excluding hydrogens is 238 g/mol. The smallest absolute Gasteiger partial charge is 0.122 e. The minimum absolute atomic E-state index is 0.136. The molecule has 3 nitrogen and oxygen atoms in total. The number of fused-ring (bicyclic) bond motifs is 1. The Balaban J connectivity index is 2.02. The van der Waals surface area contributed by atoms with Crippen molar-refractivity contribution in [1.29, 1.82) is 0 Å². The molecule has 1 aliphatic rings. The van der Waals surface area contributed by atoms with E-state index in [9.17, 15) is 0 Å². The molecule has 0 radical (unpaired) electrons. The lowest BCUT2D eigenvalue weighted by Gasteiger charge is -2.14. The molecule has 1 aromatic heterocycles. The molecule has 0 saturated heterocycles. The largest absolute Gasteiger partial charge is 0.493 e. The number of hydrogen-bond acceptors (Lipinski definition) is 3. The highest BCUT2D eigenvalue weighted by atomic mass is 16.5. The van der Waals surface area contributed by atoms with Crippen molar-refractivity contribution >= 4 is 0 Å². The summed E-state index contributed by atoms with van der Waals surface area (Å²) >= 11 is 0. The van der Waals surface area contributed by atoms with Gasteiger partial charge in [0, 0.05) is 12.0 Å². The topological polar surface area (TPSA) is 48.4 Å². The van der Waals surface area contributed by atoms with Gasteiger partial charge in [0.2, 0.25) is 0 Å². The van der Waals surface area contributed by atoms with E-state index in [4.69, 9.17) is 14.9 Å². The molecule has 3 rings (SSSR count). The monoisotopic (exact) mass is 257 g/mol. The van der Waals surface area contributed by atoms with Crippen LogP contribution in [0.15, 0.2) is 22.6 Å². The number of aryl methyl sites for hydroxylation is 2. The number of rotatable bonds is 2. The van der Waals surface area contributed by atoms with Crippen LogP contribution in [0.1, 0.15) is 39.8 Å². The van der Waals surface area contributed by atoms with Gasteiger partial charge in [-0.05, 0) is 43.5 Å². The Labute approximate surface area is 113 Å². The van der Waals surface area contributed by atoms with Crippen LogP contribution in [-0.4, -0.2) is 6.61 Å². The van der Waals surface area contributed by atoms with Gasteiger partial charge in [-0.15, -0.1) is 0 Å². The van der Waals surface area contributed by atoms with Crippen molar-refractivity contribution in [3.63, 3.8) is 0 Å². The van der Waals surface area contributed by atoms with Gasteiger partial charge in [0.1, 0.15) is 17.3 Å². The Hall–Kier alpha value is -1.74. The summed E-state index contributed by atoms with van der Waals surface area (Å²) in [5.41, 5.74) is 11.1. The number of hydrogen-bond donors (Lipinski definition) is 1. The maximum atomic E-state index is 6.42. The molecule has 0 bridgehead atoms. The second-order valence-electron chi connectivity index (χ2n) is 5.20. The minimum Gasteiger partial charge on any atom is -0.493 e. The average molecular weight is 257 g/mol. The second-order valence-corrected chi connectivity index (χ2v) is 5.20. The second kappa shape index (κ2) is 4.42.